The van der Waals surface area contributed by atoms with Crippen molar-refractivity contribution in [2.24, 2.45) is 5.73 Å². The first-order valence-corrected chi connectivity index (χ1v) is 8.24. The third-order valence-corrected chi connectivity index (χ3v) is 4.84. The van der Waals surface area contributed by atoms with Crippen LogP contribution in [0.2, 0.25) is 0 Å². The van der Waals surface area contributed by atoms with Gasteiger partial charge in [0.2, 0.25) is 5.88 Å². The maximum Gasteiger partial charge on any atom is 0.214 e. The fraction of sp³-hybridized carbons (Fsp3) is 0.500. The van der Waals surface area contributed by atoms with Crippen LogP contribution < -0.4 is 10.5 Å². The second-order valence-corrected chi connectivity index (χ2v) is 6.54. The minimum absolute atomic E-state index is 0.248. The lowest BCUT2D eigenvalue weighted by atomic mass is 10.2. The molecule has 1 fully saturated rings. The first-order valence-electron chi connectivity index (χ1n) is 7.42. The van der Waals surface area contributed by atoms with Crippen LogP contribution in [-0.4, -0.2) is 49.5 Å². The van der Waals surface area contributed by atoms with Gasteiger partial charge in [-0.3, -0.25) is 4.79 Å². The van der Waals surface area contributed by atoms with Crippen LogP contribution in [0.5, 0.6) is 5.88 Å². The molecule has 0 spiro atoms. The number of aromatic nitrogens is 1. The fourth-order valence-corrected chi connectivity index (χ4v) is 3.55. The van der Waals surface area contributed by atoms with Crippen LogP contribution >= 0.6 is 11.3 Å². The van der Waals surface area contributed by atoms with E-state index in [0.717, 1.165) is 29.3 Å². The van der Waals surface area contributed by atoms with Gasteiger partial charge in [-0.25, -0.2) is 4.98 Å². The van der Waals surface area contributed by atoms with E-state index in [4.69, 9.17) is 4.74 Å². The van der Waals surface area contributed by atoms with Gasteiger partial charge >= 0.3 is 0 Å². The highest BCUT2D eigenvalue weighted by Gasteiger charge is 2.27. The van der Waals surface area contributed by atoms with Crippen molar-refractivity contribution in [3.05, 3.63) is 23.1 Å². The van der Waals surface area contributed by atoms with Crippen LogP contribution in [0.25, 0.3) is 10.2 Å². The van der Waals surface area contributed by atoms with Gasteiger partial charge in [0.25, 0.3) is 0 Å². The summed E-state index contributed by atoms with van der Waals surface area (Å²) in [6.07, 6.45) is 4.42. The standard InChI is InChI=1S/C15H18N2O2S.CH5N/c1-17(2)11-4-5-12(8-11)19-14-6-3-10-7-13(9-18)20-15(10)16-14;1-2/h3,6-7,9,11-12H,4-5,8H2,1-2H3;2H2,1H3. The van der Waals surface area contributed by atoms with E-state index >= 15 is 0 Å². The van der Waals surface area contributed by atoms with Gasteiger partial charge in [0.15, 0.2) is 6.29 Å². The molecule has 1 aliphatic rings. The molecule has 2 aromatic rings. The lowest BCUT2D eigenvalue weighted by molar-refractivity contribution is 0.112. The number of hydrogen-bond acceptors (Lipinski definition) is 6. The van der Waals surface area contributed by atoms with Crippen molar-refractivity contribution in [2.75, 3.05) is 21.1 Å². The highest BCUT2D eigenvalue weighted by Crippen LogP contribution is 2.29. The molecule has 1 saturated carbocycles. The van der Waals surface area contributed by atoms with Crippen molar-refractivity contribution in [1.29, 1.82) is 0 Å². The van der Waals surface area contributed by atoms with Gasteiger partial charge in [-0.15, -0.1) is 11.3 Å². The second-order valence-electron chi connectivity index (χ2n) is 5.48. The third-order valence-electron chi connectivity index (χ3n) is 3.87. The molecule has 0 amide bonds. The van der Waals surface area contributed by atoms with Crippen molar-refractivity contribution in [1.82, 2.24) is 9.88 Å². The van der Waals surface area contributed by atoms with E-state index in [9.17, 15) is 4.79 Å². The van der Waals surface area contributed by atoms with Crippen LogP contribution in [0.3, 0.4) is 0 Å². The van der Waals surface area contributed by atoms with E-state index in [1.165, 1.54) is 24.8 Å². The van der Waals surface area contributed by atoms with Gasteiger partial charge < -0.3 is 15.4 Å². The van der Waals surface area contributed by atoms with Crippen LogP contribution in [-0.2, 0) is 0 Å². The summed E-state index contributed by atoms with van der Waals surface area (Å²) in [6, 6.07) is 6.33. The highest BCUT2D eigenvalue weighted by molar-refractivity contribution is 7.20. The summed E-state index contributed by atoms with van der Waals surface area (Å²) in [5.41, 5.74) is 4.50. The molecule has 2 aromatic heterocycles. The molecule has 1 aliphatic carbocycles. The molecule has 120 valence electrons. The number of hydrogen-bond donors (Lipinski definition) is 1. The van der Waals surface area contributed by atoms with E-state index in [0.29, 0.717) is 16.8 Å². The van der Waals surface area contributed by atoms with Gasteiger partial charge in [-0.05, 0) is 52.5 Å². The first-order chi connectivity index (χ1) is 10.7. The van der Waals surface area contributed by atoms with Crippen LogP contribution in [0.1, 0.15) is 28.9 Å². The molecule has 0 saturated heterocycles. The third kappa shape index (κ3) is 3.82. The van der Waals surface area contributed by atoms with Crippen molar-refractivity contribution in [3.8, 4) is 5.88 Å². The number of carbonyl (C=O) groups is 1. The quantitative estimate of drug-likeness (QED) is 0.877. The zero-order chi connectivity index (χ0) is 16.1. The van der Waals surface area contributed by atoms with Gasteiger partial charge in [-0.1, -0.05) is 0 Å². The van der Waals surface area contributed by atoms with Crippen LogP contribution in [0.4, 0.5) is 0 Å². The van der Waals surface area contributed by atoms with E-state index in [-0.39, 0.29) is 6.10 Å². The Kier molecular flexibility index (Phi) is 5.88. The predicted octanol–water partition coefficient (Wildman–Crippen LogP) is 2.55. The molecule has 0 bridgehead atoms. The minimum atomic E-state index is 0.248. The topological polar surface area (TPSA) is 68.4 Å². The molecule has 2 heterocycles. The largest absolute Gasteiger partial charge is 0.474 e. The summed E-state index contributed by atoms with van der Waals surface area (Å²) in [4.78, 5) is 19.1. The molecule has 5 nitrogen and oxygen atoms in total. The molecule has 3 rings (SSSR count). The Morgan fingerprint density at radius 2 is 2.14 bits per heavy atom. The molecule has 22 heavy (non-hydrogen) atoms. The van der Waals surface area contributed by atoms with Crippen molar-refractivity contribution < 1.29 is 9.53 Å². The van der Waals surface area contributed by atoms with Gasteiger partial charge in [-0.2, -0.15) is 0 Å². The zero-order valence-corrected chi connectivity index (χ0v) is 14.1. The van der Waals surface area contributed by atoms with Gasteiger partial charge in [0, 0.05) is 17.5 Å². The Labute approximate surface area is 135 Å². The van der Waals surface area contributed by atoms with Gasteiger partial charge in [0.05, 0.1) is 4.88 Å². The summed E-state index contributed by atoms with van der Waals surface area (Å²) in [6.45, 7) is 0. The number of carbonyl (C=O) groups excluding carboxylic acids is 1. The minimum Gasteiger partial charge on any atom is -0.474 e. The summed E-state index contributed by atoms with van der Waals surface area (Å²) < 4.78 is 5.99. The van der Waals surface area contributed by atoms with Crippen molar-refractivity contribution in [2.45, 2.75) is 31.4 Å². The summed E-state index contributed by atoms with van der Waals surface area (Å²) in [5.74, 6) is 0.668. The normalized spacial score (nSPS) is 20.8. The average molecular weight is 321 g/mol. The maximum absolute atomic E-state index is 10.8. The second kappa shape index (κ2) is 7.67. The number of rotatable bonds is 4. The zero-order valence-electron chi connectivity index (χ0n) is 13.3. The smallest absolute Gasteiger partial charge is 0.214 e. The van der Waals surface area contributed by atoms with Crippen LogP contribution in [0, 0.1) is 0 Å². The number of ether oxygens (including phenoxy) is 1. The number of pyridine rings is 1. The Bertz CT molecular complexity index is 627. The molecule has 0 aromatic carbocycles. The molecule has 2 atom stereocenters. The molecule has 0 radical (unpaired) electrons. The van der Waals surface area contributed by atoms with E-state index in [1.54, 1.807) is 0 Å². The summed E-state index contributed by atoms with van der Waals surface area (Å²) in [5, 5.41) is 1.00. The summed E-state index contributed by atoms with van der Waals surface area (Å²) >= 11 is 1.41. The molecular weight excluding hydrogens is 298 g/mol. The van der Waals surface area contributed by atoms with E-state index in [1.807, 2.05) is 18.2 Å². The van der Waals surface area contributed by atoms with E-state index in [2.05, 4.69) is 29.7 Å². The Balaban J connectivity index is 0.000000847. The Hall–Kier alpha value is -1.50. The average Bonchev–Trinajstić information content (AvgIpc) is 3.15. The molecule has 6 heteroatoms. The lowest BCUT2D eigenvalue weighted by Crippen LogP contribution is -2.26. The molecule has 2 N–H and O–H groups in total. The number of fused-ring (bicyclic) bond motifs is 1. The van der Waals surface area contributed by atoms with Crippen LogP contribution in [0.15, 0.2) is 18.2 Å². The Morgan fingerprint density at radius 3 is 2.77 bits per heavy atom. The number of nitrogens with two attached hydrogens (primary N) is 1. The predicted molar refractivity (Wildman–Crippen MR) is 90.9 cm³/mol. The maximum atomic E-state index is 10.8. The van der Waals surface area contributed by atoms with Gasteiger partial charge in [0.1, 0.15) is 10.9 Å². The summed E-state index contributed by atoms with van der Waals surface area (Å²) in [7, 11) is 5.73. The molecule has 0 aliphatic heterocycles. The monoisotopic (exact) mass is 321 g/mol. The first kappa shape index (κ1) is 16.9. The van der Waals surface area contributed by atoms with Crippen molar-refractivity contribution in [3.63, 3.8) is 0 Å². The molecule has 2 unspecified atom stereocenters. The number of nitrogens with zero attached hydrogens (tertiary/aromatic N) is 2. The SMILES string of the molecule is CN.CN(C)C1CCC(Oc2ccc3cc(C=O)sc3n2)C1. The fourth-order valence-electron chi connectivity index (χ4n) is 2.71. The number of aldehydes is 1. The van der Waals surface area contributed by atoms with E-state index < -0.39 is 0 Å². The molecular formula is C16H23N3O2S. The highest BCUT2D eigenvalue weighted by atomic mass is 32.1. The Morgan fingerprint density at radius 1 is 1.36 bits per heavy atom. The van der Waals surface area contributed by atoms with Crippen molar-refractivity contribution >= 4 is 27.8 Å². The number of thiophene rings is 1. The lowest BCUT2D eigenvalue weighted by Gasteiger charge is -2.19.